The summed E-state index contributed by atoms with van der Waals surface area (Å²) < 4.78 is 25.2. The Balaban J connectivity index is 2.23. The fourth-order valence-corrected chi connectivity index (χ4v) is 3.25. The van der Waals surface area contributed by atoms with Gasteiger partial charge in [-0.15, -0.1) is 6.58 Å². The van der Waals surface area contributed by atoms with Crippen molar-refractivity contribution in [3.8, 4) is 0 Å². The van der Waals surface area contributed by atoms with E-state index in [4.69, 9.17) is 5.11 Å². The first-order chi connectivity index (χ1) is 8.60. The number of nitrogens with zero attached hydrogens (tertiary/aromatic N) is 1. The van der Waals surface area contributed by atoms with E-state index in [1.807, 2.05) is 0 Å². The van der Waals surface area contributed by atoms with E-state index in [1.54, 1.807) is 6.08 Å². The van der Waals surface area contributed by atoms with Crippen LogP contribution in [0.5, 0.6) is 0 Å². The molecule has 1 saturated carbocycles. The summed E-state index contributed by atoms with van der Waals surface area (Å²) in [6.45, 7) is 4.68. The maximum atomic E-state index is 12.0. The predicted octanol–water partition coefficient (Wildman–Crippen LogP) is 0.329. The summed E-state index contributed by atoms with van der Waals surface area (Å²) in [6.07, 6.45) is 5.57. The molecule has 0 aromatic rings. The second-order valence-electron chi connectivity index (χ2n) is 4.62. The van der Waals surface area contributed by atoms with E-state index in [0.29, 0.717) is 12.5 Å². The van der Waals surface area contributed by atoms with Crippen molar-refractivity contribution in [3.63, 3.8) is 0 Å². The van der Waals surface area contributed by atoms with Gasteiger partial charge in [0.1, 0.15) is 0 Å². The highest BCUT2D eigenvalue weighted by molar-refractivity contribution is 7.89. The fraction of sp³-hybridized carbons (Fsp3) is 0.833. The van der Waals surface area contributed by atoms with Crippen LogP contribution in [0.25, 0.3) is 0 Å². The minimum atomic E-state index is -3.26. The van der Waals surface area contributed by atoms with Gasteiger partial charge in [-0.05, 0) is 32.2 Å². The first-order valence-electron chi connectivity index (χ1n) is 6.53. The van der Waals surface area contributed by atoms with Crippen LogP contribution in [0.1, 0.15) is 25.7 Å². The number of aliphatic hydroxyl groups excluding tert-OH is 1. The molecule has 0 atom stereocenters. The molecule has 18 heavy (non-hydrogen) atoms. The molecule has 0 aromatic heterocycles. The monoisotopic (exact) mass is 276 g/mol. The van der Waals surface area contributed by atoms with Crippen molar-refractivity contribution < 1.29 is 13.5 Å². The lowest BCUT2D eigenvalue weighted by atomic mass is 10.3. The van der Waals surface area contributed by atoms with E-state index in [1.165, 1.54) is 17.1 Å². The van der Waals surface area contributed by atoms with Gasteiger partial charge >= 0.3 is 0 Å². The number of hydrogen-bond acceptors (Lipinski definition) is 4. The van der Waals surface area contributed by atoms with E-state index in [9.17, 15) is 8.42 Å². The van der Waals surface area contributed by atoms with E-state index >= 15 is 0 Å². The Morgan fingerprint density at radius 2 is 2.11 bits per heavy atom. The lowest BCUT2D eigenvalue weighted by molar-refractivity contribution is 0.260. The molecule has 0 heterocycles. The van der Waals surface area contributed by atoms with Crippen LogP contribution in [0.3, 0.4) is 0 Å². The largest absolute Gasteiger partial charge is 0.395 e. The molecule has 0 bridgehead atoms. The molecule has 6 heteroatoms. The molecule has 0 aliphatic heterocycles. The maximum Gasteiger partial charge on any atom is 0.214 e. The lowest BCUT2D eigenvalue weighted by Gasteiger charge is -2.19. The summed E-state index contributed by atoms with van der Waals surface area (Å²) in [4.78, 5) is 0. The average Bonchev–Trinajstić information content (AvgIpc) is 3.12. The molecular weight excluding hydrogens is 252 g/mol. The first kappa shape index (κ1) is 15.6. The molecular formula is C12H24N2O3S. The van der Waals surface area contributed by atoms with Gasteiger partial charge in [-0.1, -0.05) is 6.08 Å². The molecule has 0 radical (unpaired) electrons. The van der Waals surface area contributed by atoms with Gasteiger partial charge < -0.3 is 10.4 Å². The maximum absolute atomic E-state index is 12.0. The summed E-state index contributed by atoms with van der Waals surface area (Å²) in [6, 6.07) is 0.674. The van der Waals surface area contributed by atoms with Crippen molar-refractivity contribution in [1.82, 2.24) is 9.62 Å². The molecule has 0 unspecified atom stereocenters. The van der Waals surface area contributed by atoms with Gasteiger partial charge in [-0.25, -0.2) is 8.42 Å². The van der Waals surface area contributed by atoms with Crippen molar-refractivity contribution in [2.45, 2.75) is 31.7 Å². The fourth-order valence-electron chi connectivity index (χ4n) is 1.73. The summed E-state index contributed by atoms with van der Waals surface area (Å²) >= 11 is 0. The summed E-state index contributed by atoms with van der Waals surface area (Å²) in [5.74, 6) is 0.146. The topological polar surface area (TPSA) is 69.6 Å². The van der Waals surface area contributed by atoms with E-state index in [2.05, 4.69) is 11.9 Å². The van der Waals surface area contributed by atoms with Gasteiger partial charge in [0.15, 0.2) is 0 Å². The van der Waals surface area contributed by atoms with Gasteiger partial charge in [0.05, 0.1) is 12.4 Å². The highest BCUT2D eigenvalue weighted by Gasteiger charge is 2.21. The van der Waals surface area contributed by atoms with E-state index in [0.717, 1.165) is 13.0 Å². The van der Waals surface area contributed by atoms with Crippen LogP contribution >= 0.6 is 0 Å². The number of hydrogen-bond donors (Lipinski definition) is 2. The van der Waals surface area contributed by atoms with Gasteiger partial charge in [0, 0.05) is 19.1 Å². The Kier molecular flexibility index (Phi) is 6.85. The number of rotatable bonds is 11. The molecule has 1 aliphatic rings. The van der Waals surface area contributed by atoms with Crippen molar-refractivity contribution in [2.24, 2.45) is 0 Å². The number of unbranched alkanes of at least 4 members (excludes halogenated alkanes) is 1. The molecule has 1 fully saturated rings. The van der Waals surface area contributed by atoms with E-state index < -0.39 is 10.0 Å². The minimum Gasteiger partial charge on any atom is -0.395 e. The van der Waals surface area contributed by atoms with Crippen LogP contribution in [-0.4, -0.2) is 55.9 Å². The van der Waals surface area contributed by atoms with Crippen LogP contribution in [-0.2, 0) is 10.0 Å². The molecule has 5 nitrogen and oxygen atoms in total. The Morgan fingerprint density at radius 3 is 2.67 bits per heavy atom. The molecule has 1 rings (SSSR count). The standard InChI is InChI=1S/C12H24N2O3S/c1-2-8-14(9-10-15)18(16,17)11-4-3-7-13-12-5-6-12/h2,12-13,15H,1,3-11H2. The Morgan fingerprint density at radius 1 is 1.39 bits per heavy atom. The quantitative estimate of drug-likeness (QED) is 0.421. The van der Waals surface area contributed by atoms with E-state index in [-0.39, 0.29) is 25.4 Å². The van der Waals surface area contributed by atoms with Gasteiger partial charge in [0.2, 0.25) is 10.0 Å². The minimum absolute atomic E-state index is 0.146. The number of nitrogens with one attached hydrogen (secondary N) is 1. The van der Waals surface area contributed by atoms with Crippen LogP contribution < -0.4 is 5.32 Å². The Hall–Kier alpha value is -0.430. The van der Waals surface area contributed by atoms with Crippen LogP contribution in [0.15, 0.2) is 12.7 Å². The van der Waals surface area contributed by atoms with Crippen LogP contribution in [0.4, 0.5) is 0 Å². The second kappa shape index (κ2) is 7.89. The molecule has 0 aromatic carbocycles. The zero-order chi connectivity index (χ0) is 13.4. The molecule has 2 N–H and O–H groups in total. The average molecular weight is 276 g/mol. The van der Waals surface area contributed by atoms with Crippen molar-refractivity contribution in [3.05, 3.63) is 12.7 Å². The third-order valence-corrected chi connectivity index (χ3v) is 4.84. The molecule has 0 amide bonds. The molecule has 0 spiro atoms. The Labute approximate surface area is 110 Å². The lowest BCUT2D eigenvalue weighted by Crippen LogP contribution is -2.35. The summed E-state index contributed by atoms with van der Waals surface area (Å²) in [5, 5.41) is 12.2. The smallest absolute Gasteiger partial charge is 0.214 e. The number of aliphatic hydroxyl groups is 1. The first-order valence-corrected chi connectivity index (χ1v) is 8.14. The highest BCUT2D eigenvalue weighted by atomic mass is 32.2. The zero-order valence-electron chi connectivity index (χ0n) is 10.8. The zero-order valence-corrected chi connectivity index (χ0v) is 11.7. The summed E-state index contributed by atoms with van der Waals surface area (Å²) in [5.41, 5.74) is 0. The van der Waals surface area contributed by atoms with Gasteiger partial charge in [-0.2, -0.15) is 4.31 Å². The van der Waals surface area contributed by atoms with Crippen molar-refractivity contribution in [2.75, 3.05) is 32.0 Å². The molecule has 1 aliphatic carbocycles. The normalized spacial score (nSPS) is 16.1. The number of sulfonamides is 1. The van der Waals surface area contributed by atoms with Gasteiger partial charge in [-0.3, -0.25) is 0 Å². The van der Waals surface area contributed by atoms with Crippen LogP contribution in [0, 0.1) is 0 Å². The second-order valence-corrected chi connectivity index (χ2v) is 6.71. The SMILES string of the molecule is C=CCN(CCO)S(=O)(=O)CCCCNC1CC1. The predicted molar refractivity (Wildman–Crippen MR) is 72.9 cm³/mol. The van der Waals surface area contributed by atoms with Gasteiger partial charge in [0.25, 0.3) is 0 Å². The third kappa shape index (κ3) is 5.95. The Bertz CT molecular complexity index is 339. The van der Waals surface area contributed by atoms with Crippen molar-refractivity contribution >= 4 is 10.0 Å². The molecule has 106 valence electrons. The van der Waals surface area contributed by atoms with Crippen LogP contribution in [0.2, 0.25) is 0 Å². The highest BCUT2D eigenvalue weighted by Crippen LogP contribution is 2.18. The van der Waals surface area contributed by atoms with Crippen molar-refractivity contribution in [1.29, 1.82) is 0 Å². The molecule has 0 saturated heterocycles. The third-order valence-electron chi connectivity index (χ3n) is 2.91. The summed E-state index contributed by atoms with van der Waals surface area (Å²) in [7, 11) is -3.26.